The predicted molar refractivity (Wildman–Crippen MR) is 71.4 cm³/mol. The molecule has 0 saturated heterocycles. The monoisotopic (exact) mass is 298 g/mol. The first-order valence-corrected chi connectivity index (χ1v) is 8.39. The van der Waals surface area contributed by atoms with Crippen LogP contribution in [0, 0.1) is 0 Å². The van der Waals surface area contributed by atoms with E-state index in [-0.39, 0.29) is 11.2 Å². The molecule has 1 saturated carbocycles. The van der Waals surface area contributed by atoms with Crippen molar-refractivity contribution in [2.24, 2.45) is 0 Å². The summed E-state index contributed by atoms with van der Waals surface area (Å²) in [4.78, 5) is 10.8. The Kier molecular flexibility index (Phi) is 3.15. The quantitative estimate of drug-likeness (QED) is 0.880. The van der Waals surface area contributed by atoms with Gasteiger partial charge in [0.2, 0.25) is 5.16 Å². The van der Waals surface area contributed by atoms with Crippen molar-refractivity contribution in [3.8, 4) is 0 Å². The van der Waals surface area contributed by atoms with Gasteiger partial charge in [-0.3, -0.25) is 0 Å². The van der Waals surface area contributed by atoms with Gasteiger partial charge in [0, 0.05) is 23.7 Å². The van der Waals surface area contributed by atoms with Crippen LogP contribution in [-0.2, 0) is 10.0 Å². The van der Waals surface area contributed by atoms with Crippen LogP contribution < -0.4 is 4.72 Å². The molecule has 1 aliphatic rings. The smallest absolute Gasteiger partial charge is 0.274 e. The van der Waals surface area contributed by atoms with Crippen molar-refractivity contribution in [1.29, 1.82) is 0 Å². The van der Waals surface area contributed by atoms with Gasteiger partial charge in [-0.2, -0.15) is 4.72 Å². The van der Waals surface area contributed by atoms with Crippen LogP contribution in [0.25, 0.3) is 0 Å². The SMILES string of the molecule is CC(NS(=O)(=O)c1ncc[nH]1)c1csc(C2CC2)n1. The lowest BCUT2D eigenvalue weighted by molar-refractivity contribution is 0.557. The molecule has 1 aliphatic carbocycles. The zero-order valence-electron chi connectivity index (χ0n) is 10.3. The van der Waals surface area contributed by atoms with Gasteiger partial charge in [-0.15, -0.1) is 11.3 Å². The van der Waals surface area contributed by atoms with Crippen molar-refractivity contribution in [3.63, 3.8) is 0 Å². The molecule has 19 heavy (non-hydrogen) atoms. The van der Waals surface area contributed by atoms with Crippen molar-refractivity contribution < 1.29 is 8.42 Å². The molecule has 0 bridgehead atoms. The van der Waals surface area contributed by atoms with Crippen molar-refractivity contribution >= 4 is 21.4 Å². The summed E-state index contributed by atoms with van der Waals surface area (Å²) >= 11 is 1.60. The van der Waals surface area contributed by atoms with E-state index in [4.69, 9.17) is 0 Å². The average molecular weight is 298 g/mol. The number of hydrogen-bond donors (Lipinski definition) is 2. The molecule has 3 rings (SSSR count). The van der Waals surface area contributed by atoms with E-state index in [1.165, 1.54) is 25.2 Å². The van der Waals surface area contributed by atoms with Gasteiger partial charge in [-0.1, -0.05) is 0 Å². The maximum atomic E-state index is 12.0. The number of nitrogens with zero attached hydrogens (tertiary/aromatic N) is 2. The number of aromatic nitrogens is 3. The number of nitrogens with one attached hydrogen (secondary N) is 2. The van der Waals surface area contributed by atoms with E-state index in [0.29, 0.717) is 5.92 Å². The Morgan fingerprint density at radius 2 is 2.32 bits per heavy atom. The zero-order chi connectivity index (χ0) is 13.5. The second-order valence-electron chi connectivity index (χ2n) is 4.62. The highest BCUT2D eigenvalue weighted by molar-refractivity contribution is 7.89. The highest BCUT2D eigenvalue weighted by atomic mass is 32.2. The Hall–Kier alpha value is -1.25. The summed E-state index contributed by atoms with van der Waals surface area (Å²) in [7, 11) is -3.61. The standard InChI is InChI=1S/C11H14N4O2S2/c1-7(9-6-18-10(14-9)8-2-3-8)15-19(16,17)11-12-4-5-13-11/h4-8,15H,2-3H2,1H3,(H,12,13). The topological polar surface area (TPSA) is 87.7 Å². The second kappa shape index (κ2) is 4.69. The summed E-state index contributed by atoms with van der Waals surface area (Å²) in [5, 5.41) is 2.96. The van der Waals surface area contributed by atoms with E-state index < -0.39 is 10.0 Å². The molecule has 8 heteroatoms. The minimum Gasteiger partial charge on any atom is -0.334 e. The van der Waals surface area contributed by atoms with Gasteiger partial charge in [-0.05, 0) is 19.8 Å². The Morgan fingerprint density at radius 1 is 1.53 bits per heavy atom. The molecule has 2 aromatic heterocycles. The second-order valence-corrected chi connectivity index (χ2v) is 7.14. The van der Waals surface area contributed by atoms with Crippen molar-refractivity contribution in [1.82, 2.24) is 19.7 Å². The number of aromatic amines is 1. The minimum absolute atomic E-state index is 0.0722. The Morgan fingerprint density at radius 3 is 2.95 bits per heavy atom. The van der Waals surface area contributed by atoms with Crippen LogP contribution >= 0.6 is 11.3 Å². The Labute approximate surface area is 115 Å². The molecular weight excluding hydrogens is 284 g/mol. The number of rotatable bonds is 5. The first-order chi connectivity index (χ1) is 9.06. The summed E-state index contributed by atoms with van der Waals surface area (Å²) in [6.07, 6.45) is 5.28. The Balaban J connectivity index is 1.75. The highest BCUT2D eigenvalue weighted by Crippen LogP contribution is 2.41. The van der Waals surface area contributed by atoms with E-state index in [1.54, 1.807) is 18.3 Å². The third-order valence-corrected chi connectivity index (χ3v) is 5.39. The van der Waals surface area contributed by atoms with Gasteiger partial charge in [0.15, 0.2) is 0 Å². The van der Waals surface area contributed by atoms with E-state index >= 15 is 0 Å². The third kappa shape index (κ3) is 2.70. The summed E-state index contributed by atoms with van der Waals surface area (Å²) in [6.45, 7) is 1.78. The van der Waals surface area contributed by atoms with Gasteiger partial charge >= 0.3 is 0 Å². The number of thiazole rings is 1. The van der Waals surface area contributed by atoms with Gasteiger partial charge in [0.1, 0.15) is 0 Å². The first-order valence-electron chi connectivity index (χ1n) is 6.03. The number of imidazole rings is 1. The van der Waals surface area contributed by atoms with Gasteiger partial charge in [0.25, 0.3) is 10.0 Å². The summed E-state index contributed by atoms with van der Waals surface area (Å²) in [6, 6.07) is -0.362. The lowest BCUT2D eigenvalue weighted by Gasteiger charge is -2.10. The largest absolute Gasteiger partial charge is 0.334 e. The Bertz CT molecular complexity index is 659. The van der Waals surface area contributed by atoms with Crippen LogP contribution in [-0.4, -0.2) is 23.4 Å². The molecule has 2 N–H and O–H groups in total. The molecule has 0 spiro atoms. The minimum atomic E-state index is -3.61. The van der Waals surface area contributed by atoms with Crippen molar-refractivity contribution in [2.75, 3.05) is 0 Å². The van der Waals surface area contributed by atoms with Gasteiger partial charge in [-0.25, -0.2) is 18.4 Å². The first kappa shape index (κ1) is 12.8. The molecule has 2 aromatic rings. The summed E-state index contributed by atoms with van der Waals surface area (Å²) in [5.41, 5.74) is 0.766. The normalized spacial score (nSPS) is 17.5. The number of H-pyrrole nitrogens is 1. The summed E-state index contributed by atoms with van der Waals surface area (Å²) in [5.74, 6) is 0.590. The molecule has 0 amide bonds. The van der Waals surface area contributed by atoms with Gasteiger partial charge < -0.3 is 4.98 Å². The lowest BCUT2D eigenvalue weighted by Crippen LogP contribution is -2.28. The average Bonchev–Trinajstić information content (AvgIpc) is 2.90. The molecule has 0 aromatic carbocycles. The molecule has 1 unspecified atom stereocenters. The molecule has 6 nitrogen and oxygen atoms in total. The predicted octanol–water partition coefficient (Wildman–Crippen LogP) is 1.78. The van der Waals surface area contributed by atoms with E-state index in [0.717, 1.165) is 10.7 Å². The molecular formula is C11H14N4O2S2. The van der Waals surface area contributed by atoms with Gasteiger partial charge in [0.05, 0.1) is 16.7 Å². The molecule has 0 radical (unpaired) electrons. The van der Waals surface area contributed by atoms with Crippen LogP contribution in [0.1, 0.15) is 42.4 Å². The molecule has 0 aliphatic heterocycles. The maximum absolute atomic E-state index is 12.0. The fraction of sp³-hybridized carbons (Fsp3) is 0.455. The van der Waals surface area contributed by atoms with Crippen LogP contribution in [0.2, 0.25) is 0 Å². The summed E-state index contributed by atoms with van der Waals surface area (Å²) < 4.78 is 26.6. The van der Waals surface area contributed by atoms with Crippen LogP contribution in [0.15, 0.2) is 22.9 Å². The van der Waals surface area contributed by atoms with E-state index in [9.17, 15) is 8.42 Å². The molecule has 1 atom stereocenters. The lowest BCUT2D eigenvalue weighted by atomic mass is 10.3. The van der Waals surface area contributed by atoms with Crippen LogP contribution in [0.5, 0.6) is 0 Å². The maximum Gasteiger partial charge on any atom is 0.274 e. The highest BCUT2D eigenvalue weighted by Gasteiger charge is 2.28. The zero-order valence-corrected chi connectivity index (χ0v) is 12.0. The fourth-order valence-corrected chi connectivity index (χ4v) is 3.97. The van der Waals surface area contributed by atoms with Crippen LogP contribution in [0.3, 0.4) is 0 Å². The van der Waals surface area contributed by atoms with E-state index in [2.05, 4.69) is 19.7 Å². The fourth-order valence-electron chi connectivity index (χ4n) is 1.76. The number of hydrogen-bond acceptors (Lipinski definition) is 5. The third-order valence-electron chi connectivity index (χ3n) is 2.97. The van der Waals surface area contributed by atoms with Crippen LogP contribution in [0.4, 0.5) is 0 Å². The molecule has 2 heterocycles. The number of sulfonamides is 1. The molecule has 102 valence electrons. The van der Waals surface area contributed by atoms with E-state index in [1.807, 2.05) is 5.38 Å². The molecule has 1 fully saturated rings. The van der Waals surface area contributed by atoms with Crippen molar-refractivity contribution in [3.05, 3.63) is 28.5 Å². The van der Waals surface area contributed by atoms with Crippen molar-refractivity contribution in [2.45, 2.75) is 36.9 Å².